The predicted molar refractivity (Wildman–Crippen MR) is 104 cm³/mol. The number of anilines is 2. The quantitative estimate of drug-likeness (QED) is 0.712. The van der Waals surface area contributed by atoms with Crippen molar-refractivity contribution in [1.29, 1.82) is 0 Å². The fraction of sp³-hybridized carbons (Fsp3) is 0.250. The second-order valence-electron chi connectivity index (χ2n) is 6.31. The third-order valence-corrected chi connectivity index (χ3v) is 4.69. The second-order valence-corrected chi connectivity index (χ2v) is 6.31. The van der Waals surface area contributed by atoms with Crippen molar-refractivity contribution in [3.63, 3.8) is 0 Å². The highest BCUT2D eigenvalue weighted by atomic mass is 16.5. The van der Waals surface area contributed by atoms with Crippen LogP contribution in [0.3, 0.4) is 0 Å². The van der Waals surface area contributed by atoms with E-state index in [4.69, 9.17) is 19.4 Å². The lowest BCUT2D eigenvalue weighted by Crippen LogP contribution is -2.43. The summed E-state index contributed by atoms with van der Waals surface area (Å²) in [7, 11) is 5.08. The van der Waals surface area contributed by atoms with Crippen LogP contribution in [0.2, 0.25) is 0 Å². The lowest BCUT2D eigenvalue weighted by atomic mass is 10.1. The van der Waals surface area contributed by atoms with Gasteiger partial charge in [0.25, 0.3) is 5.91 Å². The molecule has 27 heavy (non-hydrogen) atoms. The molecule has 0 fully saturated rings. The van der Waals surface area contributed by atoms with E-state index in [1.54, 1.807) is 37.3 Å². The van der Waals surface area contributed by atoms with E-state index in [0.29, 0.717) is 41.8 Å². The molecule has 1 aliphatic rings. The Hall–Kier alpha value is -3.35. The van der Waals surface area contributed by atoms with Crippen molar-refractivity contribution >= 4 is 28.6 Å². The molecule has 0 saturated heterocycles. The van der Waals surface area contributed by atoms with Crippen LogP contribution in [0.25, 0.3) is 11.0 Å². The molecule has 1 aliphatic heterocycles. The largest absolute Gasteiger partial charge is 0.493 e. The molecule has 4 rings (SSSR count). The molecular weight excluding hydrogens is 344 g/mol. The summed E-state index contributed by atoms with van der Waals surface area (Å²) in [6.45, 7) is 1.21. The molecule has 7 heteroatoms. The van der Waals surface area contributed by atoms with Gasteiger partial charge in [-0.3, -0.25) is 9.69 Å². The molecular formula is C20H20N4O3. The van der Waals surface area contributed by atoms with E-state index < -0.39 is 0 Å². The highest BCUT2D eigenvalue weighted by Crippen LogP contribution is 2.33. The first-order valence-electron chi connectivity index (χ1n) is 8.64. The van der Waals surface area contributed by atoms with Crippen molar-refractivity contribution in [3.8, 4) is 11.5 Å². The maximum atomic E-state index is 13.2. The predicted octanol–water partition coefficient (Wildman–Crippen LogP) is 2.74. The van der Waals surface area contributed by atoms with Gasteiger partial charge < -0.3 is 14.4 Å². The summed E-state index contributed by atoms with van der Waals surface area (Å²) in [6.07, 6.45) is 0. The average molecular weight is 364 g/mol. The molecule has 1 aromatic heterocycles. The lowest BCUT2D eigenvalue weighted by Gasteiger charge is -2.33. The van der Waals surface area contributed by atoms with Gasteiger partial charge in [0.05, 0.1) is 25.3 Å². The Balaban J connectivity index is 1.78. The standard InChI is InChI=1S/C20H20N4O3/c1-23-10-11-24(19-18(23)21-14-6-4-5-7-15(14)22-19)20(25)13-8-9-16(26-2)17(12-13)27-3/h4-9,12H,10-11H2,1-3H3. The highest BCUT2D eigenvalue weighted by Gasteiger charge is 2.29. The van der Waals surface area contributed by atoms with E-state index >= 15 is 0 Å². The van der Waals surface area contributed by atoms with Gasteiger partial charge in [-0.1, -0.05) is 12.1 Å². The van der Waals surface area contributed by atoms with Crippen molar-refractivity contribution in [3.05, 3.63) is 48.0 Å². The smallest absolute Gasteiger partial charge is 0.259 e. The second kappa shape index (κ2) is 6.75. The molecule has 7 nitrogen and oxygen atoms in total. The number of nitrogens with zero attached hydrogens (tertiary/aromatic N) is 4. The van der Waals surface area contributed by atoms with Crippen LogP contribution >= 0.6 is 0 Å². The summed E-state index contributed by atoms with van der Waals surface area (Å²) >= 11 is 0. The third kappa shape index (κ3) is 2.91. The van der Waals surface area contributed by atoms with Crippen LogP contribution in [0.5, 0.6) is 11.5 Å². The zero-order chi connectivity index (χ0) is 19.0. The minimum atomic E-state index is -0.144. The summed E-state index contributed by atoms with van der Waals surface area (Å²) in [5.74, 6) is 2.23. The van der Waals surface area contributed by atoms with Crippen molar-refractivity contribution in [2.75, 3.05) is 44.2 Å². The fourth-order valence-electron chi connectivity index (χ4n) is 3.20. The number of ether oxygens (including phenoxy) is 2. The van der Waals surface area contributed by atoms with Crippen molar-refractivity contribution in [2.45, 2.75) is 0 Å². The van der Waals surface area contributed by atoms with E-state index in [1.165, 1.54) is 0 Å². The van der Waals surface area contributed by atoms with E-state index in [-0.39, 0.29) is 5.91 Å². The Morgan fingerprint density at radius 3 is 2.26 bits per heavy atom. The van der Waals surface area contributed by atoms with E-state index in [9.17, 15) is 4.79 Å². The number of methoxy groups -OCH3 is 2. The zero-order valence-electron chi connectivity index (χ0n) is 15.5. The minimum Gasteiger partial charge on any atom is -0.493 e. The van der Waals surface area contributed by atoms with Crippen LogP contribution in [-0.4, -0.2) is 50.2 Å². The Bertz CT molecular complexity index is 1020. The fourth-order valence-corrected chi connectivity index (χ4v) is 3.20. The average Bonchev–Trinajstić information content (AvgIpc) is 2.72. The first-order chi connectivity index (χ1) is 13.1. The van der Waals surface area contributed by atoms with Crippen LogP contribution < -0.4 is 19.3 Å². The number of fused-ring (bicyclic) bond motifs is 2. The number of aromatic nitrogens is 2. The monoisotopic (exact) mass is 364 g/mol. The van der Waals surface area contributed by atoms with E-state index in [1.807, 2.05) is 36.2 Å². The SMILES string of the molecule is COc1ccc(C(=O)N2CCN(C)c3nc4ccccc4nc32)cc1OC. The number of para-hydroxylation sites is 2. The number of benzene rings is 2. The maximum Gasteiger partial charge on any atom is 0.259 e. The molecule has 3 aromatic rings. The summed E-state index contributed by atoms with van der Waals surface area (Å²) in [6, 6.07) is 12.8. The Morgan fingerprint density at radius 2 is 1.59 bits per heavy atom. The van der Waals surface area contributed by atoms with Gasteiger partial charge in [-0.2, -0.15) is 0 Å². The number of hydrogen-bond donors (Lipinski definition) is 0. The normalized spacial score (nSPS) is 13.4. The Labute approximate surface area is 157 Å². The van der Waals surface area contributed by atoms with Crippen LogP contribution in [0.4, 0.5) is 11.6 Å². The van der Waals surface area contributed by atoms with Crippen molar-refractivity contribution in [1.82, 2.24) is 9.97 Å². The van der Waals surface area contributed by atoms with Gasteiger partial charge in [-0.25, -0.2) is 9.97 Å². The van der Waals surface area contributed by atoms with Crippen molar-refractivity contribution < 1.29 is 14.3 Å². The number of carbonyl (C=O) groups excluding carboxylic acids is 1. The van der Waals surface area contributed by atoms with Gasteiger partial charge in [-0.15, -0.1) is 0 Å². The van der Waals surface area contributed by atoms with Gasteiger partial charge in [0.2, 0.25) is 0 Å². The maximum absolute atomic E-state index is 13.2. The van der Waals surface area contributed by atoms with Crippen LogP contribution in [0, 0.1) is 0 Å². The minimum absolute atomic E-state index is 0.144. The first-order valence-corrected chi connectivity index (χ1v) is 8.64. The molecule has 0 spiro atoms. The topological polar surface area (TPSA) is 67.8 Å². The molecule has 0 bridgehead atoms. The first kappa shape index (κ1) is 17.1. The molecule has 0 aliphatic carbocycles. The van der Waals surface area contributed by atoms with Gasteiger partial charge in [-0.05, 0) is 30.3 Å². The van der Waals surface area contributed by atoms with Gasteiger partial charge in [0.1, 0.15) is 0 Å². The molecule has 1 amide bonds. The molecule has 2 aromatic carbocycles. The van der Waals surface area contributed by atoms with E-state index in [0.717, 1.165) is 11.0 Å². The number of hydrogen-bond acceptors (Lipinski definition) is 6. The summed E-state index contributed by atoms with van der Waals surface area (Å²) in [4.78, 5) is 26.3. The lowest BCUT2D eigenvalue weighted by molar-refractivity contribution is 0.0985. The number of likely N-dealkylation sites (N-methyl/N-ethyl adjacent to an activating group) is 1. The van der Waals surface area contributed by atoms with Gasteiger partial charge in [0.15, 0.2) is 23.1 Å². The number of carbonyl (C=O) groups is 1. The Morgan fingerprint density at radius 1 is 0.926 bits per heavy atom. The summed E-state index contributed by atoms with van der Waals surface area (Å²) < 4.78 is 10.6. The van der Waals surface area contributed by atoms with Crippen molar-refractivity contribution in [2.24, 2.45) is 0 Å². The summed E-state index contributed by atoms with van der Waals surface area (Å²) in [5, 5.41) is 0. The number of rotatable bonds is 3. The van der Waals surface area contributed by atoms with Crippen LogP contribution in [-0.2, 0) is 0 Å². The zero-order valence-corrected chi connectivity index (χ0v) is 15.5. The molecule has 0 atom stereocenters. The van der Waals surface area contributed by atoms with Gasteiger partial charge in [0, 0.05) is 25.7 Å². The third-order valence-electron chi connectivity index (χ3n) is 4.69. The van der Waals surface area contributed by atoms with E-state index in [2.05, 4.69) is 0 Å². The Kier molecular flexibility index (Phi) is 4.27. The molecule has 0 N–H and O–H groups in total. The van der Waals surface area contributed by atoms with Gasteiger partial charge >= 0.3 is 0 Å². The molecule has 138 valence electrons. The van der Waals surface area contributed by atoms with Crippen LogP contribution in [0.1, 0.15) is 10.4 Å². The molecule has 0 saturated carbocycles. The molecule has 0 unspecified atom stereocenters. The van der Waals surface area contributed by atoms with Crippen LogP contribution in [0.15, 0.2) is 42.5 Å². The highest BCUT2D eigenvalue weighted by molar-refractivity contribution is 6.08. The number of amides is 1. The summed E-state index contributed by atoms with van der Waals surface area (Å²) in [5.41, 5.74) is 2.08. The molecule has 2 heterocycles. The molecule has 0 radical (unpaired) electrons.